The fourth-order valence-corrected chi connectivity index (χ4v) is 3.23. The number of hydrogen-bond acceptors (Lipinski definition) is 4. The second kappa shape index (κ2) is 5.80. The first kappa shape index (κ1) is 13.4. The van der Waals surface area contributed by atoms with Gasteiger partial charge in [-0.25, -0.2) is 14.5 Å². The van der Waals surface area contributed by atoms with E-state index in [1.165, 1.54) is 16.9 Å². The van der Waals surface area contributed by atoms with Crippen molar-refractivity contribution in [2.24, 2.45) is 0 Å². The molecule has 3 heterocycles. The molecule has 4 amide bonds. The predicted molar refractivity (Wildman–Crippen MR) is 76.8 cm³/mol. The number of likely N-dealkylation sites (tertiary alicyclic amines) is 1. The normalized spacial score (nSPS) is 20.4. The van der Waals surface area contributed by atoms with Gasteiger partial charge in [0, 0.05) is 32.7 Å². The zero-order valence-corrected chi connectivity index (χ0v) is 12.0. The molecule has 2 saturated heterocycles. The van der Waals surface area contributed by atoms with E-state index in [-0.39, 0.29) is 18.1 Å². The number of hydrogen-bond donors (Lipinski definition) is 2. The first-order valence-electron chi connectivity index (χ1n) is 6.85. The lowest BCUT2D eigenvalue weighted by Crippen LogP contribution is -2.48. The van der Waals surface area contributed by atoms with Gasteiger partial charge in [0.1, 0.15) is 0 Å². The van der Waals surface area contributed by atoms with Crippen molar-refractivity contribution in [3.63, 3.8) is 0 Å². The van der Waals surface area contributed by atoms with E-state index < -0.39 is 0 Å². The summed E-state index contributed by atoms with van der Waals surface area (Å²) in [6, 6.07) is 1.70. The Balaban J connectivity index is 1.59. The summed E-state index contributed by atoms with van der Waals surface area (Å²) in [6.07, 6.45) is 1.21. The zero-order chi connectivity index (χ0) is 13.9. The minimum absolute atomic E-state index is 0.213. The molecule has 0 aromatic carbocycles. The average molecular weight is 294 g/mol. The van der Waals surface area contributed by atoms with Crippen LogP contribution in [0.25, 0.3) is 0 Å². The molecule has 1 atom stereocenters. The molecule has 6 nitrogen and oxygen atoms in total. The molecule has 1 aromatic rings. The molecule has 1 aromatic heterocycles. The maximum Gasteiger partial charge on any atom is 0.325 e. The number of carbonyl (C=O) groups is 2. The summed E-state index contributed by atoms with van der Waals surface area (Å²) in [5.41, 5.74) is 1.24. The molecule has 20 heavy (non-hydrogen) atoms. The molecule has 2 aliphatic heterocycles. The monoisotopic (exact) mass is 294 g/mol. The van der Waals surface area contributed by atoms with Crippen LogP contribution in [-0.2, 0) is 0 Å². The van der Waals surface area contributed by atoms with E-state index in [1.807, 2.05) is 0 Å². The Bertz CT molecular complexity index is 487. The van der Waals surface area contributed by atoms with Gasteiger partial charge in [-0.3, -0.25) is 4.90 Å². The van der Waals surface area contributed by atoms with Gasteiger partial charge in [-0.05, 0) is 28.8 Å². The predicted octanol–water partition coefficient (Wildman–Crippen LogP) is 1.23. The second-order valence-corrected chi connectivity index (χ2v) is 5.81. The molecule has 108 valence electrons. The molecule has 2 fully saturated rings. The van der Waals surface area contributed by atoms with Crippen LogP contribution in [0.2, 0.25) is 0 Å². The quantitative estimate of drug-likeness (QED) is 0.878. The fraction of sp³-hybridized carbons (Fsp3) is 0.538. The van der Waals surface area contributed by atoms with E-state index in [9.17, 15) is 9.59 Å². The highest BCUT2D eigenvalue weighted by Crippen LogP contribution is 2.26. The van der Waals surface area contributed by atoms with Crippen molar-refractivity contribution in [3.8, 4) is 0 Å². The lowest BCUT2D eigenvalue weighted by atomic mass is 10.0. The van der Waals surface area contributed by atoms with Crippen LogP contribution in [0, 0.1) is 0 Å². The number of rotatable bonds is 4. The average Bonchev–Trinajstić information content (AvgIpc) is 3.02. The summed E-state index contributed by atoms with van der Waals surface area (Å²) in [4.78, 5) is 27.0. The highest BCUT2D eigenvalue weighted by molar-refractivity contribution is 7.07. The Hall–Kier alpha value is -1.60. The van der Waals surface area contributed by atoms with Crippen molar-refractivity contribution in [1.29, 1.82) is 0 Å². The summed E-state index contributed by atoms with van der Waals surface area (Å²) in [7, 11) is 0. The van der Waals surface area contributed by atoms with Crippen LogP contribution in [0.15, 0.2) is 16.8 Å². The molecule has 0 aliphatic carbocycles. The van der Waals surface area contributed by atoms with Gasteiger partial charge < -0.3 is 10.6 Å². The van der Waals surface area contributed by atoms with Crippen LogP contribution in [-0.4, -0.2) is 54.6 Å². The molecule has 0 spiro atoms. The molecule has 0 radical (unpaired) electrons. The van der Waals surface area contributed by atoms with Crippen molar-refractivity contribution in [3.05, 3.63) is 22.4 Å². The number of nitrogens with zero attached hydrogens (tertiary/aromatic N) is 2. The lowest BCUT2D eigenvalue weighted by molar-refractivity contribution is 0.116. The Morgan fingerprint density at radius 1 is 1.45 bits per heavy atom. The van der Waals surface area contributed by atoms with Crippen LogP contribution >= 0.6 is 11.3 Å². The lowest BCUT2D eigenvalue weighted by Gasteiger charge is -2.38. The Morgan fingerprint density at radius 2 is 2.30 bits per heavy atom. The van der Waals surface area contributed by atoms with Gasteiger partial charge in [0.2, 0.25) is 0 Å². The van der Waals surface area contributed by atoms with E-state index in [1.54, 1.807) is 11.3 Å². The standard InChI is InChI=1S/C13H18N4O2S/c18-12-14-3-6-17(12)13(19)15-8-11(16-4-1-5-16)10-2-7-20-9-10/h2,7,9,11H,1,3-6,8H2,(H,14,18)(H,15,19)/t11-/m0/s1. The third kappa shape index (κ3) is 2.64. The van der Waals surface area contributed by atoms with Crippen LogP contribution in [0.5, 0.6) is 0 Å². The van der Waals surface area contributed by atoms with Crippen LogP contribution in [0.3, 0.4) is 0 Å². The summed E-state index contributed by atoms with van der Waals surface area (Å²) in [5.74, 6) is 0. The van der Waals surface area contributed by atoms with Gasteiger partial charge in [-0.1, -0.05) is 0 Å². The summed E-state index contributed by atoms with van der Waals surface area (Å²) in [6.45, 7) is 3.66. The van der Waals surface area contributed by atoms with E-state index >= 15 is 0 Å². The zero-order valence-electron chi connectivity index (χ0n) is 11.2. The van der Waals surface area contributed by atoms with E-state index in [0.29, 0.717) is 19.6 Å². The van der Waals surface area contributed by atoms with Crippen LogP contribution in [0.1, 0.15) is 18.0 Å². The summed E-state index contributed by atoms with van der Waals surface area (Å²) >= 11 is 1.67. The Kier molecular flexibility index (Phi) is 3.88. The molecular formula is C13H18N4O2S. The number of amides is 4. The van der Waals surface area contributed by atoms with Crippen LogP contribution in [0.4, 0.5) is 9.59 Å². The molecule has 2 aliphatic rings. The molecule has 0 saturated carbocycles. The van der Waals surface area contributed by atoms with E-state index in [2.05, 4.69) is 32.4 Å². The topological polar surface area (TPSA) is 64.7 Å². The smallest absolute Gasteiger partial charge is 0.325 e. The summed E-state index contributed by atoms with van der Waals surface area (Å²) in [5, 5.41) is 9.69. The van der Waals surface area contributed by atoms with Gasteiger partial charge in [-0.15, -0.1) is 0 Å². The fourth-order valence-electron chi connectivity index (χ4n) is 2.52. The van der Waals surface area contributed by atoms with Crippen molar-refractivity contribution < 1.29 is 9.59 Å². The first-order valence-corrected chi connectivity index (χ1v) is 7.79. The summed E-state index contributed by atoms with van der Waals surface area (Å²) < 4.78 is 0. The highest BCUT2D eigenvalue weighted by Gasteiger charge is 2.29. The van der Waals surface area contributed by atoms with E-state index in [0.717, 1.165) is 13.1 Å². The maximum absolute atomic E-state index is 12.0. The third-order valence-corrected chi connectivity index (χ3v) is 4.51. The minimum atomic E-state index is -0.307. The van der Waals surface area contributed by atoms with Gasteiger partial charge >= 0.3 is 12.1 Å². The Morgan fingerprint density at radius 3 is 2.85 bits per heavy atom. The highest BCUT2D eigenvalue weighted by atomic mass is 32.1. The number of imide groups is 1. The number of thiophene rings is 1. The largest absolute Gasteiger partial charge is 0.336 e. The van der Waals surface area contributed by atoms with Gasteiger partial charge in [0.15, 0.2) is 0 Å². The first-order chi connectivity index (χ1) is 9.75. The van der Waals surface area contributed by atoms with Crippen LogP contribution < -0.4 is 10.6 Å². The third-order valence-electron chi connectivity index (χ3n) is 3.81. The van der Waals surface area contributed by atoms with Crippen molar-refractivity contribution >= 4 is 23.4 Å². The number of urea groups is 2. The Labute approximate surface area is 121 Å². The van der Waals surface area contributed by atoms with E-state index in [4.69, 9.17) is 0 Å². The van der Waals surface area contributed by atoms with Crippen molar-refractivity contribution in [1.82, 2.24) is 20.4 Å². The molecule has 0 unspecified atom stereocenters. The number of carbonyl (C=O) groups excluding carboxylic acids is 2. The van der Waals surface area contributed by atoms with Gasteiger partial charge in [0.25, 0.3) is 0 Å². The van der Waals surface area contributed by atoms with Crippen molar-refractivity contribution in [2.75, 3.05) is 32.7 Å². The minimum Gasteiger partial charge on any atom is -0.336 e. The molecule has 7 heteroatoms. The molecule has 0 bridgehead atoms. The molecule has 2 N–H and O–H groups in total. The molecular weight excluding hydrogens is 276 g/mol. The number of nitrogens with one attached hydrogen (secondary N) is 2. The van der Waals surface area contributed by atoms with Gasteiger partial charge in [-0.2, -0.15) is 11.3 Å². The van der Waals surface area contributed by atoms with Crippen molar-refractivity contribution in [2.45, 2.75) is 12.5 Å². The SMILES string of the molecule is O=C1NCCN1C(=O)NC[C@@H](c1ccsc1)N1CCC1. The van der Waals surface area contributed by atoms with Gasteiger partial charge in [0.05, 0.1) is 6.04 Å². The maximum atomic E-state index is 12.0. The second-order valence-electron chi connectivity index (χ2n) is 5.03. The molecule has 3 rings (SSSR count).